The Bertz CT molecular complexity index is 712. The number of hydrogen-bond donors (Lipinski definition) is 0. The highest BCUT2D eigenvalue weighted by molar-refractivity contribution is 6.35. The molecule has 114 valence electrons. The highest BCUT2D eigenvalue weighted by atomic mass is 35.5. The minimum Gasteiger partial charge on any atom is -0.469 e. The van der Waals surface area contributed by atoms with Crippen LogP contribution in [0.25, 0.3) is 11.4 Å². The second-order valence-electron chi connectivity index (χ2n) is 4.16. The molecule has 2 aromatic rings. The highest BCUT2D eigenvalue weighted by Gasteiger charge is 2.16. The molecule has 1 aromatic carbocycles. The van der Waals surface area contributed by atoms with Crippen molar-refractivity contribution in [2.24, 2.45) is 0 Å². The van der Waals surface area contributed by atoms with Gasteiger partial charge in [0.25, 0.3) is 5.69 Å². The number of benzene rings is 1. The van der Waals surface area contributed by atoms with Crippen LogP contribution in [0.1, 0.15) is 5.56 Å². The Morgan fingerprint density at radius 2 is 1.77 bits per heavy atom. The number of nitro groups is 1. The molecular weight excluding hydrogens is 333 g/mol. The fraction of sp³-hybridized carbons (Fsp3) is 0.154. The molecule has 22 heavy (non-hydrogen) atoms. The molecule has 0 aliphatic heterocycles. The third-order valence-corrected chi connectivity index (χ3v) is 3.42. The van der Waals surface area contributed by atoms with Crippen LogP contribution in [-0.2, 0) is 16.0 Å². The first-order valence-corrected chi connectivity index (χ1v) is 6.71. The van der Waals surface area contributed by atoms with E-state index in [4.69, 9.17) is 23.2 Å². The first-order valence-electron chi connectivity index (χ1n) is 5.96. The SMILES string of the molecule is COC(=O)Cc1c(Cl)nc(-c2ccc([N+](=O)[O-])cc2)nc1Cl. The van der Waals surface area contributed by atoms with Gasteiger partial charge >= 0.3 is 5.97 Å². The number of aromatic nitrogens is 2. The van der Waals surface area contributed by atoms with Crippen LogP contribution < -0.4 is 0 Å². The molecule has 0 spiro atoms. The summed E-state index contributed by atoms with van der Waals surface area (Å²) in [6, 6.07) is 5.62. The van der Waals surface area contributed by atoms with E-state index < -0.39 is 10.9 Å². The van der Waals surface area contributed by atoms with Crippen LogP contribution in [0.3, 0.4) is 0 Å². The average Bonchev–Trinajstić information content (AvgIpc) is 2.50. The van der Waals surface area contributed by atoms with E-state index in [0.29, 0.717) is 5.56 Å². The van der Waals surface area contributed by atoms with E-state index in [9.17, 15) is 14.9 Å². The summed E-state index contributed by atoms with van der Waals surface area (Å²) in [6.45, 7) is 0. The maximum absolute atomic E-state index is 11.3. The molecule has 1 aromatic heterocycles. The van der Waals surface area contributed by atoms with E-state index >= 15 is 0 Å². The summed E-state index contributed by atoms with van der Waals surface area (Å²) in [5, 5.41) is 10.7. The maximum atomic E-state index is 11.3. The lowest BCUT2D eigenvalue weighted by atomic mass is 10.2. The van der Waals surface area contributed by atoms with Crippen molar-refractivity contribution >= 4 is 34.9 Å². The molecule has 0 saturated heterocycles. The van der Waals surface area contributed by atoms with E-state index in [1.165, 1.54) is 31.4 Å². The number of carbonyl (C=O) groups is 1. The summed E-state index contributed by atoms with van der Waals surface area (Å²) in [7, 11) is 1.25. The Morgan fingerprint density at radius 3 is 2.23 bits per heavy atom. The Hall–Kier alpha value is -2.25. The predicted octanol–water partition coefficient (Wildman–Crippen LogP) is 3.07. The fourth-order valence-electron chi connectivity index (χ4n) is 1.65. The predicted molar refractivity (Wildman–Crippen MR) is 79.9 cm³/mol. The Kier molecular flexibility index (Phi) is 4.89. The summed E-state index contributed by atoms with van der Waals surface area (Å²) in [5.41, 5.74) is 0.725. The Balaban J connectivity index is 2.37. The lowest BCUT2D eigenvalue weighted by Crippen LogP contribution is -2.07. The van der Waals surface area contributed by atoms with Crippen molar-refractivity contribution < 1.29 is 14.5 Å². The molecule has 0 atom stereocenters. The standard InChI is InChI=1S/C13H9Cl2N3O4/c1-22-10(19)6-9-11(14)16-13(17-12(9)15)7-2-4-8(5-3-7)18(20)21/h2-5H,6H2,1H3. The molecule has 7 nitrogen and oxygen atoms in total. The van der Waals surface area contributed by atoms with Crippen molar-refractivity contribution in [2.45, 2.75) is 6.42 Å². The summed E-state index contributed by atoms with van der Waals surface area (Å²) >= 11 is 12.0. The smallest absolute Gasteiger partial charge is 0.310 e. The topological polar surface area (TPSA) is 95.2 Å². The zero-order valence-corrected chi connectivity index (χ0v) is 12.8. The normalized spacial score (nSPS) is 10.3. The van der Waals surface area contributed by atoms with Gasteiger partial charge in [-0.3, -0.25) is 14.9 Å². The lowest BCUT2D eigenvalue weighted by Gasteiger charge is -2.07. The number of non-ortho nitro benzene ring substituents is 1. The summed E-state index contributed by atoms with van der Waals surface area (Å²) < 4.78 is 4.54. The van der Waals surface area contributed by atoms with Crippen LogP contribution in [0, 0.1) is 10.1 Å². The summed E-state index contributed by atoms with van der Waals surface area (Å²) in [4.78, 5) is 29.5. The van der Waals surface area contributed by atoms with Gasteiger partial charge in [-0.1, -0.05) is 23.2 Å². The molecule has 0 fully saturated rings. The van der Waals surface area contributed by atoms with Gasteiger partial charge in [0.15, 0.2) is 5.82 Å². The molecule has 9 heteroatoms. The third-order valence-electron chi connectivity index (χ3n) is 2.79. The third kappa shape index (κ3) is 3.49. The van der Waals surface area contributed by atoms with Gasteiger partial charge in [-0.15, -0.1) is 0 Å². The average molecular weight is 342 g/mol. The second kappa shape index (κ2) is 6.67. The van der Waals surface area contributed by atoms with Crippen LogP contribution in [0.4, 0.5) is 5.69 Å². The number of methoxy groups -OCH3 is 1. The number of halogens is 2. The second-order valence-corrected chi connectivity index (χ2v) is 4.88. The van der Waals surface area contributed by atoms with Crippen molar-refractivity contribution in [1.29, 1.82) is 0 Å². The molecule has 0 bridgehead atoms. The fourth-order valence-corrected chi connectivity index (χ4v) is 2.18. The van der Waals surface area contributed by atoms with Crippen molar-refractivity contribution in [1.82, 2.24) is 9.97 Å². The van der Waals surface area contributed by atoms with Gasteiger partial charge in [0.1, 0.15) is 10.3 Å². The maximum Gasteiger partial charge on any atom is 0.310 e. The number of ether oxygens (including phenoxy) is 1. The van der Waals surface area contributed by atoms with Gasteiger partial charge < -0.3 is 4.74 Å². The number of nitrogens with zero attached hydrogens (tertiary/aromatic N) is 3. The van der Waals surface area contributed by atoms with Gasteiger partial charge in [0, 0.05) is 23.3 Å². The number of hydrogen-bond acceptors (Lipinski definition) is 6. The zero-order valence-electron chi connectivity index (χ0n) is 11.2. The molecule has 0 aliphatic carbocycles. The van der Waals surface area contributed by atoms with Crippen molar-refractivity contribution in [3.8, 4) is 11.4 Å². The minimum absolute atomic E-state index is 0.0266. The quantitative estimate of drug-likeness (QED) is 0.367. The number of carbonyl (C=O) groups excluding carboxylic acids is 1. The van der Waals surface area contributed by atoms with Crippen molar-refractivity contribution in [2.75, 3.05) is 7.11 Å². The van der Waals surface area contributed by atoms with Gasteiger partial charge in [-0.2, -0.15) is 0 Å². The minimum atomic E-state index is -0.518. The van der Waals surface area contributed by atoms with Gasteiger partial charge in [0.2, 0.25) is 0 Å². The Labute approximate surface area is 135 Å². The molecule has 0 saturated carbocycles. The first-order chi connectivity index (χ1) is 10.4. The number of rotatable bonds is 4. The van der Waals surface area contributed by atoms with E-state index in [1.54, 1.807) is 0 Å². The lowest BCUT2D eigenvalue weighted by molar-refractivity contribution is -0.384. The largest absolute Gasteiger partial charge is 0.469 e. The van der Waals surface area contributed by atoms with E-state index in [1.807, 2.05) is 0 Å². The van der Waals surface area contributed by atoms with Crippen molar-refractivity contribution in [3.63, 3.8) is 0 Å². The molecule has 2 rings (SSSR count). The van der Waals surface area contributed by atoms with E-state index in [2.05, 4.69) is 14.7 Å². The zero-order chi connectivity index (χ0) is 16.3. The molecule has 0 unspecified atom stereocenters. The van der Waals surface area contributed by atoms with Crippen LogP contribution >= 0.6 is 23.2 Å². The summed E-state index contributed by atoms with van der Waals surface area (Å²) in [6.07, 6.45) is -0.144. The first kappa shape index (κ1) is 16.1. The van der Waals surface area contributed by atoms with Gasteiger partial charge in [0.05, 0.1) is 18.5 Å². The highest BCUT2D eigenvalue weighted by Crippen LogP contribution is 2.27. The molecule has 0 N–H and O–H groups in total. The molecule has 0 amide bonds. The van der Waals surface area contributed by atoms with Gasteiger partial charge in [-0.05, 0) is 12.1 Å². The van der Waals surface area contributed by atoms with Crippen LogP contribution in [0.5, 0.6) is 0 Å². The Morgan fingerprint density at radius 1 is 1.23 bits per heavy atom. The van der Waals surface area contributed by atoms with Crippen LogP contribution in [0.2, 0.25) is 10.3 Å². The summed E-state index contributed by atoms with van der Waals surface area (Å²) in [5.74, 6) is -0.311. The number of esters is 1. The van der Waals surface area contributed by atoms with Crippen LogP contribution in [-0.4, -0.2) is 28.0 Å². The van der Waals surface area contributed by atoms with Crippen LogP contribution in [0.15, 0.2) is 24.3 Å². The van der Waals surface area contributed by atoms with Gasteiger partial charge in [-0.25, -0.2) is 9.97 Å². The molecular formula is C13H9Cl2N3O4. The molecule has 0 radical (unpaired) electrons. The number of nitro benzene ring substituents is 1. The van der Waals surface area contributed by atoms with E-state index in [0.717, 1.165) is 0 Å². The van der Waals surface area contributed by atoms with E-state index in [-0.39, 0.29) is 33.8 Å². The molecule has 0 aliphatic rings. The van der Waals surface area contributed by atoms with Crippen molar-refractivity contribution in [3.05, 3.63) is 50.2 Å². The molecule has 1 heterocycles. The monoisotopic (exact) mass is 341 g/mol.